The average Bonchev–Trinajstić information content (AvgIpc) is 3.21. The summed E-state index contributed by atoms with van der Waals surface area (Å²) in [6.45, 7) is 3.93. The van der Waals surface area contributed by atoms with Gasteiger partial charge in [-0.1, -0.05) is 66.3 Å². The first-order valence-electron chi connectivity index (χ1n) is 10.4. The molecule has 2 aromatic carbocycles. The molecule has 3 rings (SSSR count). The molecular formula is C24H21Cl4NO4S. The van der Waals surface area contributed by atoms with Crippen LogP contribution in [0.5, 0.6) is 5.75 Å². The van der Waals surface area contributed by atoms with Crippen LogP contribution in [0.2, 0.25) is 20.1 Å². The summed E-state index contributed by atoms with van der Waals surface area (Å²) in [6.07, 6.45) is 0.131. The first kappa shape index (κ1) is 26.6. The second-order valence-electron chi connectivity index (χ2n) is 7.19. The Bertz CT molecular complexity index is 1200. The van der Waals surface area contributed by atoms with Gasteiger partial charge in [0.25, 0.3) is 5.91 Å². The van der Waals surface area contributed by atoms with Crippen LogP contribution in [-0.4, -0.2) is 24.6 Å². The third-order valence-corrected chi connectivity index (χ3v) is 6.71. The third-order valence-electron chi connectivity index (χ3n) is 4.72. The van der Waals surface area contributed by atoms with Crippen molar-refractivity contribution in [1.29, 1.82) is 0 Å². The number of ether oxygens (including phenoxy) is 2. The fourth-order valence-corrected chi connectivity index (χ4v) is 4.85. The molecule has 0 radical (unpaired) electrons. The monoisotopic (exact) mass is 559 g/mol. The fourth-order valence-electron chi connectivity index (χ4n) is 3.06. The Balaban J connectivity index is 1.93. The second-order valence-corrected chi connectivity index (χ2v) is 9.76. The van der Waals surface area contributed by atoms with E-state index in [1.54, 1.807) is 48.7 Å². The van der Waals surface area contributed by atoms with E-state index >= 15 is 0 Å². The van der Waals surface area contributed by atoms with Crippen molar-refractivity contribution < 1.29 is 19.1 Å². The molecule has 180 valence electrons. The van der Waals surface area contributed by atoms with Crippen LogP contribution in [0.3, 0.4) is 0 Å². The van der Waals surface area contributed by atoms with Gasteiger partial charge in [-0.3, -0.25) is 4.79 Å². The summed E-state index contributed by atoms with van der Waals surface area (Å²) in [5.41, 5.74) is 1.35. The van der Waals surface area contributed by atoms with Gasteiger partial charge < -0.3 is 14.8 Å². The molecule has 1 heterocycles. The molecule has 0 aliphatic rings. The van der Waals surface area contributed by atoms with E-state index in [4.69, 9.17) is 55.9 Å². The number of hydrogen-bond acceptors (Lipinski definition) is 5. The van der Waals surface area contributed by atoms with Crippen molar-refractivity contribution in [3.63, 3.8) is 0 Å². The summed E-state index contributed by atoms with van der Waals surface area (Å²) in [4.78, 5) is 26.0. The van der Waals surface area contributed by atoms with Crippen LogP contribution in [0.4, 0.5) is 5.00 Å². The highest BCUT2D eigenvalue weighted by molar-refractivity contribution is 7.15. The molecule has 3 aromatic rings. The van der Waals surface area contributed by atoms with E-state index in [0.717, 1.165) is 0 Å². The second kappa shape index (κ2) is 12.1. The Hall–Kier alpha value is -1.96. The number of benzene rings is 2. The van der Waals surface area contributed by atoms with Crippen molar-refractivity contribution in [3.05, 3.63) is 67.4 Å². The lowest BCUT2D eigenvalue weighted by atomic mass is 10.0. The van der Waals surface area contributed by atoms with Crippen LogP contribution < -0.4 is 10.1 Å². The van der Waals surface area contributed by atoms with E-state index in [0.29, 0.717) is 54.8 Å². The topological polar surface area (TPSA) is 64.6 Å². The third kappa shape index (κ3) is 6.37. The smallest absolute Gasteiger partial charge is 0.341 e. The highest BCUT2D eigenvalue weighted by Gasteiger charge is 2.27. The molecule has 10 heteroatoms. The highest BCUT2D eigenvalue weighted by atomic mass is 35.5. The molecule has 1 atom stereocenters. The minimum atomic E-state index is -0.875. The number of thiophene rings is 1. The Kier molecular flexibility index (Phi) is 9.51. The van der Waals surface area contributed by atoms with E-state index in [9.17, 15) is 9.59 Å². The van der Waals surface area contributed by atoms with Crippen LogP contribution >= 0.6 is 57.7 Å². The molecule has 0 saturated carbocycles. The largest absolute Gasteiger partial charge is 0.479 e. The van der Waals surface area contributed by atoms with E-state index in [1.807, 2.05) is 6.92 Å². The number of nitrogens with one attached hydrogen (secondary N) is 1. The molecule has 1 aromatic heterocycles. The Morgan fingerprint density at radius 3 is 2.35 bits per heavy atom. The van der Waals surface area contributed by atoms with Gasteiger partial charge in [0.1, 0.15) is 16.3 Å². The summed E-state index contributed by atoms with van der Waals surface area (Å²) in [5, 5.41) is 6.47. The molecule has 5 nitrogen and oxygen atoms in total. The fraction of sp³-hybridized carbons (Fsp3) is 0.250. The zero-order valence-corrected chi connectivity index (χ0v) is 22.1. The number of halogens is 4. The van der Waals surface area contributed by atoms with Crippen molar-refractivity contribution in [1.82, 2.24) is 0 Å². The van der Waals surface area contributed by atoms with Crippen LogP contribution in [0, 0.1) is 0 Å². The van der Waals surface area contributed by atoms with Gasteiger partial charge in [0.05, 0.1) is 11.6 Å². The Morgan fingerprint density at radius 2 is 1.68 bits per heavy atom. The standard InChI is InChI=1S/C24H21Cl4NO4S/c1-3-9-32-24(31)21-16(15-7-5-13(25)10-18(15)28)12-34-23(21)29-22(30)19(4-2)33-20-11-14(26)6-8-17(20)27/h5-8,10-12,19H,3-4,9H2,1-2H3,(H,29,30)/t19-/m0/s1. The molecule has 0 fully saturated rings. The van der Waals surface area contributed by atoms with Gasteiger partial charge in [0.2, 0.25) is 0 Å². The van der Waals surface area contributed by atoms with Gasteiger partial charge in [0.15, 0.2) is 6.10 Å². The molecule has 0 aliphatic heterocycles. The van der Waals surface area contributed by atoms with Crippen LogP contribution in [0.15, 0.2) is 41.8 Å². The van der Waals surface area contributed by atoms with Crippen molar-refractivity contribution in [2.75, 3.05) is 11.9 Å². The lowest BCUT2D eigenvalue weighted by Gasteiger charge is -2.18. The van der Waals surface area contributed by atoms with E-state index in [2.05, 4.69) is 5.32 Å². The SMILES string of the molecule is CCCOC(=O)c1c(-c2ccc(Cl)cc2Cl)csc1NC(=O)[C@H](CC)Oc1cc(Cl)ccc1Cl. The highest BCUT2D eigenvalue weighted by Crippen LogP contribution is 2.40. The average molecular weight is 561 g/mol. The molecule has 0 spiro atoms. The molecule has 0 saturated heterocycles. The predicted octanol–water partition coefficient (Wildman–Crippen LogP) is 8.39. The minimum absolute atomic E-state index is 0.215. The van der Waals surface area contributed by atoms with Crippen LogP contribution in [-0.2, 0) is 9.53 Å². The number of esters is 1. The first-order valence-corrected chi connectivity index (χ1v) is 12.8. The number of anilines is 1. The summed E-state index contributed by atoms with van der Waals surface area (Å²) in [7, 11) is 0. The maximum absolute atomic E-state index is 13.1. The van der Waals surface area contributed by atoms with Gasteiger partial charge in [-0.15, -0.1) is 11.3 Å². The maximum Gasteiger partial charge on any atom is 0.341 e. The van der Waals surface area contributed by atoms with Gasteiger partial charge in [-0.2, -0.15) is 0 Å². The molecule has 0 bridgehead atoms. The molecule has 1 amide bonds. The number of rotatable bonds is 9. The van der Waals surface area contributed by atoms with Crippen LogP contribution in [0.25, 0.3) is 11.1 Å². The summed E-state index contributed by atoms with van der Waals surface area (Å²) >= 11 is 25.8. The van der Waals surface area contributed by atoms with Gasteiger partial charge in [-0.25, -0.2) is 4.79 Å². The van der Waals surface area contributed by atoms with E-state index in [-0.39, 0.29) is 12.2 Å². The van der Waals surface area contributed by atoms with Gasteiger partial charge in [-0.05, 0) is 37.1 Å². The lowest BCUT2D eigenvalue weighted by molar-refractivity contribution is -0.122. The van der Waals surface area contributed by atoms with Gasteiger partial charge >= 0.3 is 5.97 Å². The zero-order chi connectivity index (χ0) is 24.8. The quantitative estimate of drug-likeness (QED) is 0.267. The number of carbonyl (C=O) groups is 2. The Morgan fingerprint density at radius 1 is 0.971 bits per heavy atom. The number of carbonyl (C=O) groups excluding carboxylic acids is 2. The molecule has 0 aliphatic carbocycles. The normalized spacial score (nSPS) is 11.7. The predicted molar refractivity (Wildman–Crippen MR) is 140 cm³/mol. The number of hydrogen-bond donors (Lipinski definition) is 1. The summed E-state index contributed by atoms with van der Waals surface area (Å²) in [6, 6.07) is 9.74. The lowest BCUT2D eigenvalue weighted by Crippen LogP contribution is -2.32. The molecule has 0 unspecified atom stereocenters. The maximum atomic E-state index is 13.1. The van der Waals surface area contributed by atoms with Crippen molar-refractivity contribution in [3.8, 4) is 16.9 Å². The summed E-state index contributed by atoms with van der Waals surface area (Å²) in [5.74, 6) is -0.719. The Labute approximate surface area is 221 Å². The molecule has 34 heavy (non-hydrogen) atoms. The minimum Gasteiger partial charge on any atom is -0.479 e. The van der Waals surface area contributed by atoms with Crippen LogP contribution in [0.1, 0.15) is 37.0 Å². The van der Waals surface area contributed by atoms with E-state index in [1.165, 1.54) is 11.3 Å². The summed E-state index contributed by atoms with van der Waals surface area (Å²) < 4.78 is 11.2. The zero-order valence-electron chi connectivity index (χ0n) is 18.3. The number of amides is 1. The first-order chi connectivity index (χ1) is 16.2. The van der Waals surface area contributed by atoms with Crippen molar-refractivity contribution >= 4 is 74.6 Å². The van der Waals surface area contributed by atoms with Crippen molar-refractivity contribution in [2.45, 2.75) is 32.8 Å². The van der Waals surface area contributed by atoms with E-state index < -0.39 is 18.0 Å². The molecular weight excluding hydrogens is 540 g/mol. The van der Waals surface area contributed by atoms with Gasteiger partial charge in [0, 0.05) is 37.6 Å². The van der Waals surface area contributed by atoms with Crippen molar-refractivity contribution in [2.24, 2.45) is 0 Å². The molecule has 1 N–H and O–H groups in total.